The molecule has 0 radical (unpaired) electrons. The van der Waals surface area contributed by atoms with E-state index in [0.29, 0.717) is 19.5 Å². The molecule has 1 aromatic heterocycles. The molecular weight excluding hydrogens is 295 g/mol. The number of hydrogen-bond donors (Lipinski definition) is 1. The van der Waals surface area contributed by atoms with Crippen LogP contribution in [-0.4, -0.2) is 37.6 Å². The second-order valence-electron chi connectivity index (χ2n) is 7.21. The van der Waals surface area contributed by atoms with Crippen LogP contribution in [0.2, 0.25) is 0 Å². The maximum Gasteiger partial charge on any atom is 0.123 e. The van der Waals surface area contributed by atoms with Gasteiger partial charge in [0, 0.05) is 19.1 Å². The van der Waals surface area contributed by atoms with Gasteiger partial charge in [0.1, 0.15) is 5.82 Å². The van der Waals surface area contributed by atoms with E-state index in [-0.39, 0.29) is 23.5 Å². The second-order valence-corrected chi connectivity index (χ2v) is 7.21. The summed E-state index contributed by atoms with van der Waals surface area (Å²) in [6.45, 7) is 7.44. The quantitative estimate of drug-likeness (QED) is 0.944. The SMILES string of the molecule is CC(C)(C)n1cc(CN2C[C@H](O)C[C@@H]2c2ccc(F)cc2)nn1. The minimum Gasteiger partial charge on any atom is -0.392 e. The molecule has 0 bridgehead atoms. The molecule has 1 saturated heterocycles. The van der Waals surface area contributed by atoms with Crippen LogP contribution in [0, 0.1) is 5.82 Å². The van der Waals surface area contributed by atoms with Gasteiger partial charge in [0.15, 0.2) is 0 Å². The summed E-state index contributed by atoms with van der Waals surface area (Å²) in [5.74, 6) is -0.244. The summed E-state index contributed by atoms with van der Waals surface area (Å²) in [4.78, 5) is 2.18. The van der Waals surface area contributed by atoms with Crippen LogP contribution in [-0.2, 0) is 12.1 Å². The highest BCUT2D eigenvalue weighted by Crippen LogP contribution is 2.33. The van der Waals surface area contributed by atoms with E-state index in [0.717, 1.165) is 11.3 Å². The molecule has 5 nitrogen and oxygen atoms in total. The van der Waals surface area contributed by atoms with E-state index in [1.807, 2.05) is 10.9 Å². The van der Waals surface area contributed by atoms with E-state index in [1.54, 1.807) is 12.1 Å². The van der Waals surface area contributed by atoms with Crippen LogP contribution in [0.3, 0.4) is 0 Å². The average Bonchev–Trinajstić information content (AvgIpc) is 3.07. The first-order valence-electron chi connectivity index (χ1n) is 7.92. The zero-order valence-electron chi connectivity index (χ0n) is 13.8. The number of aliphatic hydroxyl groups is 1. The standard InChI is InChI=1S/C17H23FN4O/c1-17(2,3)22-10-14(19-20-22)9-21-11-15(23)8-16(21)12-4-6-13(18)7-5-12/h4-7,10,15-16,23H,8-9,11H2,1-3H3/t15-,16-/m1/s1. The second kappa shape index (κ2) is 6.02. The van der Waals surface area contributed by atoms with E-state index < -0.39 is 0 Å². The summed E-state index contributed by atoms with van der Waals surface area (Å²) in [5.41, 5.74) is 1.79. The average molecular weight is 318 g/mol. The molecule has 2 heterocycles. The lowest BCUT2D eigenvalue weighted by molar-refractivity contribution is 0.172. The Hall–Kier alpha value is -1.79. The monoisotopic (exact) mass is 318 g/mol. The van der Waals surface area contributed by atoms with E-state index in [2.05, 4.69) is 36.0 Å². The van der Waals surface area contributed by atoms with Gasteiger partial charge in [0.25, 0.3) is 0 Å². The molecule has 6 heteroatoms. The van der Waals surface area contributed by atoms with Gasteiger partial charge in [0.2, 0.25) is 0 Å². The summed E-state index contributed by atoms with van der Waals surface area (Å²) in [5, 5.41) is 18.5. The Morgan fingerprint density at radius 3 is 2.57 bits per heavy atom. The minimum absolute atomic E-state index is 0.0744. The highest BCUT2D eigenvalue weighted by Gasteiger charge is 2.32. The van der Waals surface area contributed by atoms with Gasteiger partial charge in [0.05, 0.1) is 23.5 Å². The molecular formula is C17H23FN4O. The number of benzene rings is 1. The van der Waals surface area contributed by atoms with Gasteiger partial charge in [-0.1, -0.05) is 17.3 Å². The van der Waals surface area contributed by atoms with Gasteiger partial charge in [-0.25, -0.2) is 9.07 Å². The fourth-order valence-corrected chi connectivity index (χ4v) is 2.99. The van der Waals surface area contributed by atoms with Gasteiger partial charge < -0.3 is 5.11 Å². The van der Waals surface area contributed by atoms with Gasteiger partial charge in [-0.05, 0) is 44.9 Å². The first kappa shape index (κ1) is 16.1. The zero-order valence-corrected chi connectivity index (χ0v) is 13.8. The predicted molar refractivity (Wildman–Crippen MR) is 85.2 cm³/mol. The van der Waals surface area contributed by atoms with Crippen molar-refractivity contribution in [3.05, 3.63) is 47.5 Å². The van der Waals surface area contributed by atoms with Crippen LogP contribution < -0.4 is 0 Å². The van der Waals surface area contributed by atoms with Crippen LogP contribution in [0.1, 0.15) is 44.5 Å². The van der Waals surface area contributed by atoms with Crippen LogP contribution in [0.15, 0.2) is 30.5 Å². The number of halogens is 1. The third-order valence-corrected chi connectivity index (χ3v) is 4.23. The Labute approximate surface area is 135 Å². The highest BCUT2D eigenvalue weighted by molar-refractivity contribution is 5.21. The molecule has 1 N–H and O–H groups in total. The predicted octanol–water partition coefficient (Wildman–Crippen LogP) is 2.48. The van der Waals surface area contributed by atoms with E-state index in [1.165, 1.54) is 12.1 Å². The Morgan fingerprint density at radius 1 is 1.26 bits per heavy atom. The van der Waals surface area contributed by atoms with Crippen molar-refractivity contribution in [2.75, 3.05) is 6.54 Å². The molecule has 0 spiro atoms. The van der Waals surface area contributed by atoms with Crippen molar-refractivity contribution in [1.82, 2.24) is 19.9 Å². The lowest BCUT2D eigenvalue weighted by Crippen LogP contribution is -2.25. The summed E-state index contributed by atoms with van der Waals surface area (Å²) < 4.78 is 15.0. The Morgan fingerprint density at radius 2 is 1.96 bits per heavy atom. The van der Waals surface area contributed by atoms with E-state index in [4.69, 9.17) is 0 Å². The Balaban J connectivity index is 1.77. The fraction of sp³-hybridized carbons (Fsp3) is 0.529. The zero-order chi connectivity index (χ0) is 16.6. The Kier molecular flexibility index (Phi) is 4.21. The van der Waals surface area contributed by atoms with E-state index >= 15 is 0 Å². The Bertz CT molecular complexity index is 662. The molecule has 0 saturated carbocycles. The largest absolute Gasteiger partial charge is 0.392 e. The van der Waals surface area contributed by atoms with E-state index in [9.17, 15) is 9.50 Å². The highest BCUT2D eigenvalue weighted by atomic mass is 19.1. The fourth-order valence-electron chi connectivity index (χ4n) is 2.99. The lowest BCUT2D eigenvalue weighted by atomic mass is 10.0. The van der Waals surface area contributed by atoms with Gasteiger partial charge in [-0.2, -0.15) is 0 Å². The van der Waals surface area contributed by atoms with Gasteiger partial charge in [-0.15, -0.1) is 5.10 Å². The molecule has 1 aliphatic heterocycles. The maximum absolute atomic E-state index is 13.1. The molecule has 0 amide bonds. The maximum atomic E-state index is 13.1. The summed E-state index contributed by atoms with van der Waals surface area (Å²) in [7, 11) is 0. The normalized spacial score (nSPS) is 22.7. The van der Waals surface area contributed by atoms with Crippen LogP contribution in [0.5, 0.6) is 0 Å². The van der Waals surface area contributed by atoms with Crippen LogP contribution in [0.4, 0.5) is 4.39 Å². The van der Waals surface area contributed by atoms with Crippen molar-refractivity contribution in [2.24, 2.45) is 0 Å². The first-order chi connectivity index (χ1) is 10.8. The third-order valence-electron chi connectivity index (χ3n) is 4.23. The number of nitrogens with zero attached hydrogens (tertiary/aromatic N) is 4. The van der Waals surface area contributed by atoms with Crippen LogP contribution in [0.25, 0.3) is 0 Å². The van der Waals surface area contributed by atoms with Gasteiger partial charge in [-0.3, -0.25) is 4.90 Å². The van der Waals surface area contributed by atoms with Crippen LogP contribution >= 0.6 is 0 Å². The molecule has 1 fully saturated rings. The number of likely N-dealkylation sites (tertiary alicyclic amines) is 1. The van der Waals surface area contributed by atoms with Crippen molar-refractivity contribution < 1.29 is 9.50 Å². The third kappa shape index (κ3) is 3.59. The number of hydrogen-bond acceptors (Lipinski definition) is 4. The number of β-amino-alcohol motifs (C(OH)–C–C–N with tert-alkyl or cyclic N) is 1. The topological polar surface area (TPSA) is 54.2 Å². The van der Waals surface area contributed by atoms with Crippen molar-refractivity contribution in [3.8, 4) is 0 Å². The molecule has 2 aromatic rings. The molecule has 2 atom stereocenters. The van der Waals surface area contributed by atoms with Crippen molar-refractivity contribution in [2.45, 2.75) is 51.4 Å². The smallest absolute Gasteiger partial charge is 0.123 e. The molecule has 3 rings (SSSR count). The molecule has 0 unspecified atom stereocenters. The summed E-state index contributed by atoms with van der Waals surface area (Å²) in [6, 6.07) is 6.58. The van der Waals surface area contributed by atoms with Crippen molar-refractivity contribution in [1.29, 1.82) is 0 Å². The number of aliphatic hydroxyl groups excluding tert-OH is 1. The minimum atomic E-state index is -0.372. The molecule has 0 aliphatic carbocycles. The summed E-state index contributed by atoms with van der Waals surface area (Å²) in [6.07, 6.45) is 2.23. The van der Waals surface area contributed by atoms with Crippen molar-refractivity contribution in [3.63, 3.8) is 0 Å². The number of aromatic nitrogens is 3. The molecule has 1 aromatic carbocycles. The lowest BCUT2D eigenvalue weighted by Gasteiger charge is -2.23. The van der Waals surface area contributed by atoms with Crippen molar-refractivity contribution >= 4 is 0 Å². The molecule has 23 heavy (non-hydrogen) atoms. The van der Waals surface area contributed by atoms with Gasteiger partial charge >= 0.3 is 0 Å². The number of rotatable bonds is 3. The molecule has 1 aliphatic rings. The first-order valence-corrected chi connectivity index (χ1v) is 7.92. The molecule has 124 valence electrons. The summed E-state index contributed by atoms with van der Waals surface area (Å²) >= 11 is 0.